The molecule has 0 aromatic carbocycles. The summed E-state index contributed by atoms with van der Waals surface area (Å²) in [6.45, 7) is 16.7. The number of ether oxygens (including phenoxy) is 1. The zero-order chi connectivity index (χ0) is 27.8. The third kappa shape index (κ3) is 7.03. The van der Waals surface area contributed by atoms with Crippen molar-refractivity contribution in [2.45, 2.75) is 92.3 Å². The number of rotatable bonds is 8. The predicted molar refractivity (Wildman–Crippen MR) is 142 cm³/mol. The maximum Gasteiger partial charge on any atom is 0.337 e. The summed E-state index contributed by atoms with van der Waals surface area (Å²) >= 11 is 0. The van der Waals surface area contributed by atoms with Gasteiger partial charge in [-0.25, -0.2) is 13.6 Å². The Bertz CT molecular complexity index is 1100. The molecule has 1 aliphatic heterocycles. The second-order valence-corrected chi connectivity index (χ2v) is 12.4. The molecule has 0 spiro atoms. The molecule has 0 bridgehead atoms. The average Bonchev–Trinajstić information content (AvgIpc) is 2.76. The van der Waals surface area contributed by atoms with Crippen LogP contribution in [0.15, 0.2) is 24.5 Å². The molecule has 0 aliphatic carbocycles. The Labute approximate surface area is 219 Å². The highest BCUT2D eigenvalue weighted by molar-refractivity contribution is 5.85. The number of aryl methyl sites for hydroxylation is 1. The van der Waals surface area contributed by atoms with Gasteiger partial charge in [0.05, 0.1) is 17.0 Å². The summed E-state index contributed by atoms with van der Waals surface area (Å²) < 4.78 is 35.5. The summed E-state index contributed by atoms with van der Waals surface area (Å²) in [5.41, 5.74) is 2.15. The molecule has 8 heteroatoms. The molecule has 204 valence electrons. The van der Waals surface area contributed by atoms with Crippen LogP contribution in [0.1, 0.15) is 90.7 Å². The van der Waals surface area contributed by atoms with E-state index < -0.39 is 23.6 Å². The number of nitrogens with zero attached hydrogens (tertiary/aromatic N) is 3. The number of hydrogen-bond donors (Lipinski definition) is 1. The van der Waals surface area contributed by atoms with Gasteiger partial charge in [0.2, 0.25) is 0 Å². The highest BCUT2D eigenvalue weighted by atomic mass is 19.3. The van der Waals surface area contributed by atoms with Gasteiger partial charge in [0.25, 0.3) is 5.92 Å². The first-order valence-electron chi connectivity index (χ1n) is 13.0. The fraction of sp³-hybridized carbons (Fsp3) is 0.621. The number of hydrogen-bond acceptors (Lipinski definition) is 5. The molecular weight excluding hydrogens is 476 g/mol. The maximum absolute atomic E-state index is 14.7. The molecule has 2 aromatic heterocycles. The standard InChI is InChI=1S/C29H41F2N3O3/c1-18(2)15-29(30,31)20-9-10-22(33-16-20)21-17-32-19(3)23(25(26(35)36)37-27(4,5)6)24(21)34-13-11-28(7,8)12-14-34/h9-10,16-18,25H,11-15H2,1-8H3,(H,35,36). The van der Waals surface area contributed by atoms with Crippen molar-refractivity contribution in [1.29, 1.82) is 0 Å². The molecule has 0 radical (unpaired) electrons. The number of carboxylic acid groups (broad SMARTS) is 1. The number of piperidine rings is 1. The molecule has 1 atom stereocenters. The van der Waals surface area contributed by atoms with Gasteiger partial charge in [-0.2, -0.15) is 0 Å². The number of aliphatic carboxylic acids is 1. The molecule has 6 nitrogen and oxygen atoms in total. The van der Waals surface area contributed by atoms with Crippen molar-refractivity contribution in [2.24, 2.45) is 11.3 Å². The summed E-state index contributed by atoms with van der Waals surface area (Å²) in [6, 6.07) is 2.99. The van der Waals surface area contributed by atoms with Crippen LogP contribution in [0.3, 0.4) is 0 Å². The summed E-state index contributed by atoms with van der Waals surface area (Å²) in [6.07, 6.45) is 3.24. The van der Waals surface area contributed by atoms with Crippen LogP contribution >= 0.6 is 0 Å². The Morgan fingerprint density at radius 3 is 2.24 bits per heavy atom. The first kappa shape index (κ1) is 29.0. The van der Waals surface area contributed by atoms with Gasteiger partial charge in [-0.3, -0.25) is 9.97 Å². The van der Waals surface area contributed by atoms with Crippen LogP contribution < -0.4 is 4.90 Å². The lowest BCUT2D eigenvalue weighted by molar-refractivity contribution is -0.160. The molecule has 3 rings (SSSR count). The normalized spacial score (nSPS) is 17.2. The van der Waals surface area contributed by atoms with E-state index in [0.717, 1.165) is 25.9 Å². The fourth-order valence-electron chi connectivity index (χ4n) is 4.77. The van der Waals surface area contributed by atoms with Crippen LogP contribution in [0, 0.1) is 18.3 Å². The molecule has 1 aliphatic rings. The topological polar surface area (TPSA) is 75.5 Å². The largest absolute Gasteiger partial charge is 0.479 e. The van der Waals surface area contributed by atoms with E-state index in [1.165, 1.54) is 12.3 Å². The van der Waals surface area contributed by atoms with Crippen molar-refractivity contribution < 1.29 is 23.4 Å². The van der Waals surface area contributed by atoms with E-state index in [1.54, 1.807) is 33.0 Å². The lowest BCUT2D eigenvalue weighted by Gasteiger charge is -2.40. The highest BCUT2D eigenvalue weighted by Gasteiger charge is 2.37. The lowest BCUT2D eigenvalue weighted by Crippen LogP contribution is -2.39. The molecule has 1 fully saturated rings. The SMILES string of the molecule is Cc1ncc(-c2ccc(C(F)(F)CC(C)C)cn2)c(N2CCC(C)(C)CC2)c1C(OC(C)(C)C)C(=O)O. The molecule has 0 amide bonds. The van der Waals surface area contributed by atoms with Crippen LogP contribution in [0.2, 0.25) is 0 Å². The van der Waals surface area contributed by atoms with Gasteiger partial charge in [0, 0.05) is 54.3 Å². The maximum atomic E-state index is 14.7. The second kappa shape index (κ2) is 10.6. The van der Waals surface area contributed by atoms with Gasteiger partial charge < -0.3 is 14.7 Å². The van der Waals surface area contributed by atoms with E-state index in [0.29, 0.717) is 28.2 Å². The van der Waals surface area contributed by atoms with E-state index in [9.17, 15) is 18.7 Å². The summed E-state index contributed by atoms with van der Waals surface area (Å²) in [5, 5.41) is 10.2. The minimum absolute atomic E-state index is 0.133. The molecule has 3 heterocycles. The van der Waals surface area contributed by atoms with Crippen LogP contribution in [0.25, 0.3) is 11.3 Å². The van der Waals surface area contributed by atoms with E-state index in [4.69, 9.17) is 4.74 Å². The van der Waals surface area contributed by atoms with Crippen LogP contribution in [-0.4, -0.2) is 39.7 Å². The Hall–Kier alpha value is -2.61. The van der Waals surface area contributed by atoms with E-state index >= 15 is 0 Å². The van der Waals surface area contributed by atoms with E-state index in [-0.39, 0.29) is 23.3 Å². The number of aromatic nitrogens is 2. The number of carbonyl (C=O) groups is 1. The number of alkyl halides is 2. The minimum Gasteiger partial charge on any atom is -0.479 e. The predicted octanol–water partition coefficient (Wildman–Crippen LogP) is 7.16. The Morgan fingerprint density at radius 2 is 1.76 bits per heavy atom. The van der Waals surface area contributed by atoms with Gasteiger partial charge in [-0.05, 0) is 64.0 Å². The molecule has 37 heavy (non-hydrogen) atoms. The Kier molecular flexibility index (Phi) is 8.32. The number of carboxylic acids is 1. The minimum atomic E-state index is -2.98. The third-order valence-electron chi connectivity index (χ3n) is 6.80. The summed E-state index contributed by atoms with van der Waals surface area (Å²) in [7, 11) is 0. The fourth-order valence-corrected chi connectivity index (χ4v) is 4.77. The second-order valence-electron chi connectivity index (χ2n) is 12.4. The zero-order valence-corrected chi connectivity index (χ0v) is 23.4. The lowest BCUT2D eigenvalue weighted by atomic mass is 9.82. The van der Waals surface area contributed by atoms with Crippen molar-refractivity contribution in [1.82, 2.24) is 9.97 Å². The smallest absolute Gasteiger partial charge is 0.337 e. The Morgan fingerprint density at radius 1 is 1.14 bits per heavy atom. The third-order valence-corrected chi connectivity index (χ3v) is 6.80. The number of anilines is 1. The molecule has 1 saturated heterocycles. The van der Waals surface area contributed by atoms with Gasteiger partial charge in [-0.15, -0.1) is 0 Å². The van der Waals surface area contributed by atoms with Crippen molar-refractivity contribution in [3.63, 3.8) is 0 Å². The molecule has 2 aromatic rings. The van der Waals surface area contributed by atoms with E-state index in [2.05, 4.69) is 28.7 Å². The quantitative estimate of drug-likeness (QED) is 0.400. The monoisotopic (exact) mass is 517 g/mol. The molecule has 1 unspecified atom stereocenters. The summed E-state index contributed by atoms with van der Waals surface area (Å²) in [4.78, 5) is 23.6. The average molecular weight is 518 g/mol. The molecule has 1 N–H and O–H groups in total. The zero-order valence-electron chi connectivity index (χ0n) is 23.4. The van der Waals surface area contributed by atoms with Crippen molar-refractivity contribution in [2.75, 3.05) is 18.0 Å². The van der Waals surface area contributed by atoms with Crippen molar-refractivity contribution in [3.8, 4) is 11.3 Å². The van der Waals surface area contributed by atoms with E-state index in [1.807, 2.05) is 20.8 Å². The van der Waals surface area contributed by atoms with Crippen molar-refractivity contribution >= 4 is 11.7 Å². The number of halogens is 2. The first-order chi connectivity index (χ1) is 17.0. The van der Waals surface area contributed by atoms with Crippen LogP contribution in [0.4, 0.5) is 14.5 Å². The van der Waals surface area contributed by atoms with Gasteiger partial charge >= 0.3 is 5.97 Å². The Balaban J connectivity index is 2.18. The van der Waals surface area contributed by atoms with Gasteiger partial charge in [0.15, 0.2) is 6.10 Å². The van der Waals surface area contributed by atoms with Crippen molar-refractivity contribution in [3.05, 3.63) is 41.3 Å². The van der Waals surface area contributed by atoms with Crippen LogP contribution in [0.5, 0.6) is 0 Å². The summed E-state index contributed by atoms with van der Waals surface area (Å²) in [5.74, 6) is -4.25. The van der Waals surface area contributed by atoms with Gasteiger partial charge in [0.1, 0.15) is 0 Å². The molecular formula is C29H41F2N3O3. The van der Waals surface area contributed by atoms with Gasteiger partial charge in [-0.1, -0.05) is 27.7 Å². The highest BCUT2D eigenvalue weighted by Crippen LogP contribution is 2.43. The molecule has 0 saturated carbocycles. The first-order valence-corrected chi connectivity index (χ1v) is 13.0. The number of pyridine rings is 2. The van der Waals surface area contributed by atoms with Crippen LogP contribution in [-0.2, 0) is 15.5 Å².